The van der Waals surface area contributed by atoms with Crippen molar-refractivity contribution < 1.29 is 22.8 Å². The Morgan fingerprint density at radius 1 is 1.30 bits per heavy atom. The third kappa shape index (κ3) is 1.90. The van der Waals surface area contributed by atoms with Gasteiger partial charge in [-0.2, -0.15) is 0 Å². The van der Waals surface area contributed by atoms with Crippen LogP contribution in [-0.4, -0.2) is 38.6 Å². The van der Waals surface area contributed by atoms with Crippen molar-refractivity contribution in [1.29, 1.82) is 0 Å². The largest absolute Gasteiger partial charge is 0.465 e. The minimum atomic E-state index is -3.38. The number of rotatable bonds is 2. The lowest BCUT2D eigenvalue weighted by Crippen LogP contribution is -2.31. The number of nitrogens with zero attached hydrogens (tertiary/aromatic N) is 1. The first-order valence-corrected chi connectivity index (χ1v) is 7.48. The Hall–Kier alpha value is -2.15. The van der Waals surface area contributed by atoms with Gasteiger partial charge in [-0.1, -0.05) is 17.3 Å². The smallest absolute Gasteiger partial charge is 0.337 e. The molecule has 0 aliphatic carbocycles. The van der Waals surface area contributed by atoms with Crippen LogP contribution in [0.4, 0.5) is 0 Å². The second kappa shape index (κ2) is 4.45. The molecule has 0 bridgehead atoms. The number of ether oxygens (including phenoxy) is 1. The predicted molar refractivity (Wildman–Crippen MR) is 71.0 cm³/mol. The van der Waals surface area contributed by atoms with Gasteiger partial charge in [0.2, 0.25) is 0 Å². The summed E-state index contributed by atoms with van der Waals surface area (Å²) in [5.74, 6) is -0.450. The molecule has 1 aromatic rings. The molecule has 7 heteroatoms. The fourth-order valence-corrected chi connectivity index (χ4v) is 3.79. The third-order valence-corrected chi connectivity index (χ3v) is 4.99. The van der Waals surface area contributed by atoms with E-state index in [1.807, 2.05) is 0 Å². The summed E-state index contributed by atoms with van der Waals surface area (Å²) < 4.78 is 28.5. The van der Waals surface area contributed by atoms with Crippen LogP contribution in [0.2, 0.25) is 0 Å². The number of oxime groups is 1. The molecule has 0 aromatic heterocycles. The number of hydrogen-bond acceptors (Lipinski definition) is 6. The van der Waals surface area contributed by atoms with Gasteiger partial charge in [0.15, 0.2) is 21.2 Å². The second-order valence-electron chi connectivity index (χ2n) is 4.45. The normalized spacial score (nSPS) is 25.8. The van der Waals surface area contributed by atoms with E-state index in [4.69, 9.17) is 4.84 Å². The maximum atomic E-state index is 11.9. The third-order valence-electron chi connectivity index (χ3n) is 3.25. The van der Waals surface area contributed by atoms with E-state index in [2.05, 4.69) is 9.89 Å². The maximum absolute atomic E-state index is 11.9. The zero-order valence-corrected chi connectivity index (χ0v) is 11.3. The van der Waals surface area contributed by atoms with Crippen LogP contribution in [0.1, 0.15) is 15.9 Å². The number of sulfone groups is 1. The Kier molecular flexibility index (Phi) is 2.86. The lowest BCUT2D eigenvalue weighted by molar-refractivity contribution is 0.0600. The molecule has 1 aromatic carbocycles. The number of carbonyl (C=O) groups is 1. The lowest BCUT2D eigenvalue weighted by Gasteiger charge is -2.09. The van der Waals surface area contributed by atoms with E-state index in [1.54, 1.807) is 24.3 Å². The molecule has 3 rings (SSSR count). The lowest BCUT2D eigenvalue weighted by atomic mass is 10.0. The number of benzene rings is 1. The van der Waals surface area contributed by atoms with E-state index >= 15 is 0 Å². The van der Waals surface area contributed by atoms with Gasteiger partial charge < -0.3 is 9.57 Å². The summed E-state index contributed by atoms with van der Waals surface area (Å²) in [6.45, 7) is 0. The molecule has 2 heterocycles. The number of hydrogen-bond donors (Lipinski definition) is 0. The Bertz CT molecular complexity index is 718. The Morgan fingerprint density at radius 2 is 2.00 bits per heavy atom. The van der Waals surface area contributed by atoms with Crippen LogP contribution >= 0.6 is 0 Å². The summed E-state index contributed by atoms with van der Waals surface area (Å²) in [7, 11) is -2.08. The van der Waals surface area contributed by atoms with Gasteiger partial charge in [0.05, 0.1) is 12.7 Å². The van der Waals surface area contributed by atoms with Crippen molar-refractivity contribution >= 4 is 21.5 Å². The first kappa shape index (κ1) is 12.9. The molecule has 0 amide bonds. The first-order chi connectivity index (χ1) is 9.53. The highest BCUT2D eigenvalue weighted by atomic mass is 32.2. The summed E-state index contributed by atoms with van der Waals surface area (Å²) in [5, 5.41) is 4.20. The van der Waals surface area contributed by atoms with Crippen LogP contribution in [0.25, 0.3) is 0 Å². The molecule has 0 spiro atoms. The highest BCUT2D eigenvalue weighted by Gasteiger charge is 2.46. The van der Waals surface area contributed by atoms with Crippen LogP contribution < -0.4 is 0 Å². The average molecular weight is 293 g/mol. The zero-order valence-electron chi connectivity index (χ0n) is 10.5. The average Bonchev–Trinajstić information content (AvgIpc) is 3.00. The summed E-state index contributed by atoms with van der Waals surface area (Å²) in [6, 6.07) is 6.38. The topological polar surface area (TPSA) is 82.0 Å². The molecular weight excluding hydrogens is 282 g/mol. The molecule has 0 saturated carbocycles. The summed E-state index contributed by atoms with van der Waals surface area (Å²) >= 11 is 0. The van der Waals surface area contributed by atoms with Gasteiger partial charge in [0.1, 0.15) is 5.71 Å². The van der Waals surface area contributed by atoms with Crippen molar-refractivity contribution in [1.82, 2.24) is 0 Å². The van der Waals surface area contributed by atoms with Crippen LogP contribution in [0.15, 0.2) is 40.9 Å². The SMILES string of the molecule is COC(=O)c1ccc(C2=NO[C@H]3C=CS(=O)(=O)[C@H]23)cc1. The second-order valence-corrected chi connectivity index (χ2v) is 6.41. The van der Waals surface area contributed by atoms with Crippen molar-refractivity contribution in [2.45, 2.75) is 11.4 Å². The van der Waals surface area contributed by atoms with Gasteiger partial charge in [-0.3, -0.25) is 0 Å². The van der Waals surface area contributed by atoms with Gasteiger partial charge >= 0.3 is 5.97 Å². The summed E-state index contributed by atoms with van der Waals surface area (Å²) in [4.78, 5) is 16.5. The Morgan fingerprint density at radius 3 is 2.65 bits per heavy atom. The molecule has 0 N–H and O–H groups in total. The molecule has 0 unspecified atom stereocenters. The highest BCUT2D eigenvalue weighted by Crippen LogP contribution is 2.30. The number of carbonyl (C=O) groups excluding carboxylic acids is 1. The molecule has 104 valence electrons. The van der Waals surface area contributed by atoms with E-state index in [0.717, 1.165) is 5.41 Å². The molecule has 0 saturated heterocycles. The fourth-order valence-electron chi connectivity index (χ4n) is 2.24. The standard InChI is InChI=1S/C13H11NO5S/c1-18-13(15)9-4-2-8(3-5-9)11-12-10(19-14-11)6-7-20(12,16)17/h2-7,10,12H,1H3/t10-,12-/m0/s1. The van der Waals surface area contributed by atoms with Crippen molar-refractivity contribution in [2.24, 2.45) is 5.16 Å². The van der Waals surface area contributed by atoms with Gasteiger partial charge in [-0.15, -0.1) is 0 Å². The first-order valence-electron chi connectivity index (χ1n) is 5.87. The van der Waals surface area contributed by atoms with Crippen molar-refractivity contribution in [2.75, 3.05) is 7.11 Å². The van der Waals surface area contributed by atoms with Crippen LogP contribution in [0.3, 0.4) is 0 Å². The van der Waals surface area contributed by atoms with E-state index < -0.39 is 27.2 Å². The summed E-state index contributed by atoms with van der Waals surface area (Å²) in [6.07, 6.45) is 0.926. The number of methoxy groups -OCH3 is 1. The molecule has 6 nitrogen and oxygen atoms in total. The van der Waals surface area contributed by atoms with Crippen LogP contribution in [0, 0.1) is 0 Å². The zero-order chi connectivity index (χ0) is 14.3. The monoisotopic (exact) mass is 293 g/mol. The van der Waals surface area contributed by atoms with E-state index in [9.17, 15) is 13.2 Å². The van der Waals surface area contributed by atoms with Gasteiger partial charge in [-0.25, -0.2) is 13.2 Å². The van der Waals surface area contributed by atoms with E-state index in [0.29, 0.717) is 16.8 Å². The summed E-state index contributed by atoms with van der Waals surface area (Å²) in [5.41, 5.74) is 1.36. The van der Waals surface area contributed by atoms with Crippen LogP contribution in [0.5, 0.6) is 0 Å². The quantitative estimate of drug-likeness (QED) is 0.756. The van der Waals surface area contributed by atoms with Gasteiger partial charge in [0.25, 0.3) is 0 Å². The molecule has 2 atom stereocenters. The Labute approximate surface area is 115 Å². The Balaban J connectivity index is 1.93. The van der Waals surface area contributed by atoms with E-state index in [-0.39, 0.29) is 0 Å². The minimum absolute atomic E-state index is 0.358. The van der Waals surface area contributed by atoms with Crippen LogP contribution in [-0.2, 0) is 19.4 Å². The maximum Gasteiger partial charge on any atom is 0.337 e. The van der Waals surface area contributed by atoms with Crippen molar-refractivity contribution in [3.63, 3.8) is 0 Å². The number of esters is 1. The molecular formula is C13H11NO5S. The van der Waals surface area contributed by atoms with Gasteiger partial charge in [-0.05, 0) is 18.2 Å². The highest BCUT2D eigenvalue weighted by molar-refractivity contribution is 7.96. The van der Waals surface area contributed by atoms with Gasteiger partial charge in [0, 0.05) is 11.0 Å². The number of fused-ring (bicyclic) bond motifs is 1. The van der Waals surface area contributed by atoms with Crippen molar-refractivity contribution in [3.05, 3.63) is 46.9 Å². The molecule has 2 aliphatic heterocycles. The fraction of sp³-hybridized carbons (Fsp3) is 0.231. The molecule has 0 fully saturated rings. The van der Waals surface area contributed by atoms with E-state index in [1.165, 1.54) is 13.2 Å². The molecule has 0 radical (unpaired) electrons. The molecule has 2 aliphatic rings. The predicted octanol–water partition coefficient (Wildman–Crippen LogP) is 0.887. The molecule has 20 heavy (non-hydrogen) atoms. The van der Waals surface area contributed by atoms with Crippen molar-refractivity contribution in [3.8, 4) is 0 Å². The minimum Gasteiger partial charge on any atom is -0.465 e.